The quantitative estimate of drug-likeness (QED) is 0.155. The normalized spacial score (nSPS) is 12.3. The van der Waals surface area contributed by atoms with Crippen LogP contribution in [0.25, 0.3) is 28.0 Å². The summed E-state index contributed by atoms with van der Waals surface area (Å²) >= 11 is 0. The van der Waals surface area contributed by atoms with Crippen molar-refractivity contribution in [3.63, 3.8) is 0 Å². The molecule has 14 nitrogen and oxygen atoms in total. The summed E-state index contributed by atoms with van der Waals surface area (Å²) in [6.07, 6.45) is 7.90. The SMILES string of the molecule is CCCN(C(=O)c1nnc[nH]1)[C@H](CC)CCc1nc2c(-c3ccc(-c4ccc(OCCOC)cc4)nc3)cnn2c(N)c1S(C)(=O)=O. The fourth-order valence-corrected chi connectivity index (χ4v) is 6.58. The van der Waals surface area contributed by atoms with E-state index in [1.54, 1.807) is 24.4 Å². The van der Waals surface area contributed by atoms with Crippen molar-refractivity contribution in [1.82, 2.24) is 39.7 Å². The Morgan fingerprint density at radius 1 is 1.09 bits per heavy atom. The maximum atomic E-state index is 13.2. The number of aromatic nitrogens is 7. The van der Waals surface area contributed by atoms with Gasteiger partial charge in [-0.05, 0) is 56.0 Å². The van der Waals surface area contributed by atoms with Gasteiger partial charge in [-0.15, -0.1) is 10.2 Å². The largest absolute Gasteiger partial charge is 0.491 e. The minimum Gasteiger partial charge on any atom is -0.491 e. The monoisotopic (exact) mass is 661 g/mol. The first-order valence-electron chi connectivity index (χ1n) is 15.4. The van der Waals surface area contributed by atoms with Crippen molar-refractivity contribution < 1.29 is 22.7 Å². The second-order valence-corrected chi connectivity index (χ2v) is 13.0. The lowest BCUT2D eigenvalue weighted by Crippen LogP contribution is -2.41. The first-order valence-corrected chi connectivity index (χ1v) is 17.3. The van der Waals surface area contributed by atoms with Gasteiger partial charge in [0.1, 0.15) is 29.4 Å². The fourth-order valence-electron chi connectivity index (χ4n) is 5.53. The number of nitrogens with zero attached hydrogens (tertiary/aromatic N) is 7. The third kappa shape index (κ3) is 7.41. The number of hydrogen-bond donors (Lipinski definition) is 2. The number of carbonyl (C=O) groups is 1. The molecule has 5 aromatic rings. The lowest BCUT2D eigenvalue weighted by Gasteiger charge is -2.30. The average molecular weight is 662 g/mol. The standard InChI is InChI=1S/C32H39N9O5S/c1-5-15-40(32(42)30-35-20-36-39-30)23(6-2)10-14-27-28(47(4,43)44)29(33)41-31(38-27)25(19-37-41)22-9-13-26(34-18-22)21-7-11-24(12-8-21)46-17-16-45-3/h7-9,11-13,18-20,23H,5-6,10,14-17,33H2,1-4H3,(H,35,36,39)/t23-/m1/s1. The molecule has 0 aliphatic carbocycles. The van der Waals surface area contributed by atoms with Gasteiger partial charge in [-0.3, -0.25) is 9.78 Å². The molecule has 3 N–H and O–H groups in total. The lowest BCUT2D eigenvalue weighted by molar-refractivity contribution is 0.0650. The van der Waals surface area contributed by atoms with E-state index in [9.17, 15) is 13.2 Å². The molecule has 5 rings (SSSR count). The summed E-state index contributed by atoms with van der Waals surface area (Å²) in [4.78, 5) is 27.2. The number of benzene rings is 1. The number of sulfone groups is 1. The summed E-state index contributed by atoms with van der Waals surface area (Å²) in [6.45, 7) is 5.46. The van der Waals surface area contributed by atoms with Gasteiger partial charge in [-0.25, -0.2) is 13.4 Å². The number of aromatic amines is 1. The molecule has 47 heavy (non-hydrogen) atoms. The number of H-pyrrole nitrogens is 1. The Morgan fingerprint density at radius 3 is 2.47 bits per heavy atom. The van der Waals surface area contributed by atoms with Crippen molar-refractivity contribution in [3.8, 4) is 28.1 Å². The Balaban J connectivity index is 1.44. The maximum absolute atomic E-state index is 13.2. The van der Waals surface area contributed by atoms with E-state index in [2.05, 4.69) is 25.3 Å². The summed E-state index contributed by atoms with van der Waals surface area (Å²) in [5.74, 6) is 0.617. The molecule has 0 saturated carbocycles. The average Bonchev–Trinajstić information content (AvgIpc) is 3.75. The number of rotatable bonds is 15. The molecule has 1 atom stereocenters. The number of aryl methyl sites for hydroxylation is 1. The number of pyridine rings is 1. The van der Waals surface area contributed by atoms with Gasteiger partial charge in [0.2, 0.25) is 5.82 Å². The molecule has 0 bridgehead atoms. The van der Waals surface area contributed by atoms with Crippen molar-refractivity contribution in [2.24, 2.45) is 0 Å². The zero-order valence-electron chi connectivity index (χ0n) is 26.9. The van der Waals surface area contributed by atoms with Crippen LogP contribution < -0.4 is 10.5 Å². The fraction of sp³-hybridized carbons (Fsp3) is 0.375. The van der Waals surface area contributed by atoms with Gasteiger partial charge in [0.25, 0.3) is 5.91 Å². The minimum atomic E-state index is -3.77. The molecule has 0 radical (unpaired) electrons. The number of fused-ring (bicyclic) bond motifs is 1. The molecule has 15 heteroatoms. The molecule has 0 fully saturated rings. The van der Waals surface area contributed by atoms with E-state index >= 15 is 0 Å². The number of amides is 1. The molecule has 0 aliphatic rings. The summed E-state index contributed by atoms with van der Waals surface area (Å²) in [5, 5.41) is 12.0. The number of nitrogens with one attached hydrogen (secondary N) is 1. The molecule has 1 amide bonds. The third-order valence-corrected chi connectivity index (χ3v) is 9.02. The zero-order valence-corrected chi connectivity index (χ0v) is 27.7. The van der Waals surface area contributed by atoms with E-state index in [1.165, 1.54) is 10.8 Å². The molecule has 0 unspecified atom stereocenters. The van der Waals surface area contributed by atoms with Crippen LogP contribution in [0.15, 0.2) is 60.0 Å². The molecule has 1 aromatic carbocycles. The summed E-state index contributed by atoms with van der Waals surface area (Å²) < 4.78 is 38.0. The highest BCUT2D eigenvalue weighted by atomic mass is 32.2. The second kappa shape index (κ2) is 14.7. The van der Waals surface area contributed by atoms with E-state index in [1.807, 2.05) is 50.2 Å². The van der Waals surface area contributed by atoms with Gasteiger partial charge >= 0.3 is 0 Å². The van der Waals surface area contributed by atoms with E-state index in [4.69, 9.17) is 20.2 Å². The molecule has 4 aromatic heterocycles. The van der Waals surface area contributed by atoms with Crippen molar-refractivity contribution in [1.29, 1.82) is 0 Å². The van der Waals surface area contributed by atoms with Crippen LogP contribution in [-0.2, 0) is 21.0 Å². The van der Waals surface area contributed by atoms with Gasteiger partial charge < -0.3 is 25.1 Å². The van der Waals surface area contributed by atoms with E-state index in [0.29, 0.717) is 49.5 Å². The molecular formula is C32H39N9O5S. The third-order valence-electron chi connectivity index (χ3n) is 7.83. The number of methoxy groups -OCH3 is 1. The van der Waals surface area contributed by atoms with Crippen molar-refractivity contribution >= 4 is 27.2 Å². The van der Waals surface area contributed by atoms with Crippen molar-refractivity contribution in [3.05, 3.63) is 66.6 Å². The number of anilines is 1. The highest BCUT2D eigenvalue weighted by Crippen LogP contribution is 2.31. The molecule has 248 valence electrons. The van der Waals surface area contributed by atoms with Gasteiger partial charge in [0.05, 0.1) is 24.2 Å². The Bertz CT molecular complexity index is 1910. The van der Waals surface area contributed by atoms with Gasteiger partial charge in [-0.1, -0.05) is 19.9 Å². The van der Waals surface area contributed by atoms with Crippen LogP contribution in [0.1, 0.15) is 49.4 Å². The van der Waals surface area contributed by atoms with E-state index in [0.717, 1.165) is 35.2 Å². The van der Waals surface area contributed by atoms with Crippen LogP contribution in [-0.4, -0.2) is 93.2 Å². The highest BCUT2D eigenvalue weighted by molar-refractivity contribution is 7.91. The number of nitrogen functional groups attached to an aromatic ring is 1. The van der Waals surface area contributed by atoms with Crippen molar-refractivity contribution in [2.45, 2.75) is 50.5 Å². The molecule has 4 heterocycles. The topological polar surface area (TPSA) is 184 Å². The van der Waals surface area contributed by atoms with Gasteiger partial charge in [0.15, 0.2) is 15.5 Å². The molecule has 0 spiro atoms. The Morgan fingerprint density at radius 2 is 1.85 bits per heavy atom. The first-order chi connectivity index (χ1) is 22.7. The Kier molecular flexibility index (Phi) is 10.5. The van der Waals surface area contributed by atoms with E-state index in [-0.39, 0.29) is 34.9 Å². The van der Waals surface area contributed by atoms with Crippen molar-refractivity contribution in [2.75, 3.05) is 38.9 Å². The number of hydrogen-bond acceptors (Lipinski definition) is 11. The van der Waals surface area contributed by atoms with Crippen LogP contribution in [0, 0.1) is 0 Å². The minimum absolute atomic E-state index is 0.0210. The van der Waals surface area contributed by atoms with Crippen LogP contribution in [0.2, 0.25) is 0 Å². The Hall–Kier alpha value is -4.89. The van der Waals surface area contributed by atoms with E-state index < -0.39 is 9.84 Å². The summed E-state index contributed by atoms with van der Waals surface area (Å²) in [7, 11) is -2.15. The first kappa shape index (κ1) is 33.5. The molecule has 0 saturated heterocycles. The van der Waals surface area contributed by atoms with Crippen LogP contribution in [0.4, 0.5) is 5.82 Å². The summed E-state index contributed by atoms with van der Waals surface area (Å²) in [5.41, 5.74) is 10.3. The number of carbonyl (C=O) groups excluding carboxylic acids is 1. The predicted molar refractivity (Wildman–Crippen MR) is 177 cm³/mol. The van der Waals surface area contributed by atoms with Gasteiger partial charge in [-0.2, -0.15) is 9.61 Å². The molecular weight excluding hydrogens is 622 g/mol. The number of nitrogens with two attached hydrogens (primary N) is 1. The Labute approximate surface area is 273 Å². The van der Waals surface area contributed by atoms with Crippen LogP contribution in [0.5, 0.6) is 5.75 Å². The van der Waals surface area contributed by atoms with Gasteiger partial charge in [0, 0.05) is 48.8 Å². The highest BCUT2D eigenvalue weighted by Gasteiger charge is 2.28. The molecule has 0 aliphatic heterocycles. The predicted octanol–water partition coefficient (Wildman–Crippen LogP) is 3.85. The number of ether oxygens (including phenoxy) is 2. The second-order valence-electron chi connectivity index (χ2n) is 11.1. The lowest BCUT2D eigenvalue weighted by atomic mass is 10.0. The smallest absolute Gasteiger partial charge is 0.291 e. The van der Waals surface area contributed by atoms with Crippen LogP contribution >= 0.6 is 0 Å². The summed E-state index contributed by atoms with van der Waals surface area (Å²) in [6, 6.07) is 11.2. The van der Waals surface area contributed by atoms with Crippen LogP contribution in [0.3, 0.4) is 0 Å². The maximum Gasteiger partial charge on any atom is 0.291 e. The zero-order chi connectivity index (χ0) is 33.6.